The molecule has 1 fully saturated rings. The quantitative estimate of drug-likeness (QED) is 0.101. The van der Waals surface area contributed by atoms with Gasteiger partial charge in [0.25, 0.3) is 0 Å². The highest BCUT2D eigenvalue weighted by molar-refractivity contribution is 7.13. The molecule has 54 heavy (non-hydrogen) atoms. The van der Waals surface area contributed by atoms with E-state index in [0.717, 1.165) is 21.7 Å². The van der Waals surface area contributed by atoms with Gasteiger partial charge < -0.3 is 54.2 Å². The Morgan fingerprint density at radius 2 is 1.41 bits per heavy atom. The van der Waals surface area contributed by atoms with E-state index in [2.05, 4.69) is 15.6 Å². The summed E-state index contributed by atoms with van der Waals surface area (Å²) in [5.74, 6) is -2.21. The largest absolute Gasteiger partial charge is 0.481 e. The van der Waals surface area contributed by atoms with Crippen LogP contribution in [0.1, 0.15) is 44.9 Å². The van der Waals surface area contributed by atoms with E-state index >= 15 is 0 Å². The molecule has 0 unspecified atom stereocenters. The number of thiazole rings is 1. The first-order valence-corrected chi connectivity index (χ1v) is 19.0. The van der Waals surface area contributed by atoms with Crippen LogP contribution in [0.3, 0.4) is 0 Å². The Morgan fingerprint density at radius 3 is 1.91 bits per heavy atom. The van der Waals surface area contributed by atoms with Gasteiger partial charge in [0.2, 0.25) is 17.7 Å². The normalized spacial score (nSPS) is 16.4. The van der Waals surface area contributed by atoms with E-state index in [9.17, 15) is 24.3 Å². The van der Waals surface area contributed by atoms with E-state index in [1.807, 2.05) is 52.0 Å². The average Bonchev–Trinajstić information content (AvgIpc) is 3.75. The number of carboxylic acids is 1. The molecule has 1 aliphatic heterocycles. The van der Waals surface area contributed by atoms with Gasteiger partial charge in [-0.2, -0.15) is 0 Å². The lowest BCUT2D eigenvalue weighted by molar-refractivity contribution is -0.144. The molecule has 3 amide bonds. The number of carbonyl (C=O) groups excluding carboxylic acids is 3. The minimum Gasteiger partial charge on any atom is -0.481 e. The molecule has 0 aliphatic carbocycles. The number of β-amino-alcohol motifs (C(OH)–C–C–N with tert-alkyl or cyclic N) is 1. The van der Waals surface area contributed by atoms with Crippen LogP contribution in [0.5, 0.6) is 0 Å². The van der Waals surface area contributed by atoms with Crippen LogP contribution in [0.15, 0.2) is 29.8 Å². The number of aryl methyl sites for hydroxylation is 1. The highest BCUT2D eigenvalue weighted by Crippen LogP contribution is 2.28. The van der Waals surface area contributed by atoms with Gasteiger partial charge in [-0.1, -0.05) is 45.0 Å². The number of benzene rings is 1. The summed E-state index contributed by atoms with van der Waals surface area (Å²) in [6.45, 7) is 10.9. The number of aliphatic hydroxyl groups excluding tert-OH is 1. The Labute approximate surface area is 320 Å². The first kappa shape index (κ1) is 44.8. The number of aromatic nitrogens is 1. The number of nitrogens with one attached hydrogen (secondary N) is 2. The second-order valence-electron chi connectivity index (χ2n) is 13.7. The zero-order chi connectivity index (χ0) is 39.3. The molecule has 302 valence electrons. The zero-order valence-corrected chi connectivity index (χ0v) is 32.5. The number of likely N-dealkylation sites (tertiary alicyclic amines) is 1. The predicted octanol–water partition coefficient (Wildman–Crippen LogP) is 1.80. The molecule has 2 heterocycles. The van der Waals surface area contributed by atoms with Crippen LogP contribution < -0.4 is 10.6 Å². The van der Waals surface area contributed by atoms with E-state index in [0.29, 0.717) is 52.9 Å². The van der Waals surface area contributed by atoms with Gasteiger partial charge in [0.15, 0.2) is 0 Å². The second kappa shape index (κ2) is 24.1. The minimum absolute atomic E-state index is 0.0160. The van der Waals surface area contributed by atoms with Crippen LogP contribution in [-0.2, 0) is 54.1 Å². The maximum absolute atomic E-state index is 13.8. The summed E-state index contributed by atoms with van der Waals surface area (Å²) in [4.78, 5) is 57.1. The summed E-state index contributed by atoms with van der Waals surface area (Å²) < 4.78 is 32.2. The fourth-order valence-electron chi connectivity index (χ4n) is 5.41. The summed E-state index contributed by atoms with van der Waals surface area (Å²) in [5.41, 5.74) is 4.01. The highest BCUT2D eigenvalue weighted by Gasteiger charge is 2.44. The molecule has 3 rings (SSSR count). The number of amides is 3. The molecule has 4 N–H and O–H groups in total. The molecule has 1 saturated heterocycles. The highest BCUT2D eigenvalue weighted by atomic mass is 32.1. The van der Waals surface area contributed by atoms with Gasteiger partial charge in [0.05, 0.1) is 101 Å². The molecule has 0 bridgehead atoms. The monoisotopic (exact) mass is 780 g/mol. The summed E-state index contributed by atoms with van der Waals surface area (Å²) >= 11 is 1.57. The first-order valence-electron chi connectivity index (χ1n) is 18.1. The number of hydrogen-bond acceptors (Lipinski definition) is 13. The first-order chi connectivity index (χ1) is 25.9. The van der Waals surface area contributed by atoms with Gasteiger partial charge in [-0.05, 0) is 23.5 Å². The summed E-state index contributed by atoms with van der Waals surface area (Å²) in [6, 6.07) is 6.00. The van der Waals surface area contributed by atoms with Crippen LogP contribution in [0.4, 0.5) is 0 Å². The predicted molar refractivity (Wildman–Crippen MR) is 199 cm³/mol. The molecule has 1 aromatic heterocycles. The number of ether oxygens (including phenoxy) is 6. The molecule has 1 aromatic carbocycles. The number of aliphatic carboxylic acids is 1. The van der Waals surface area contributed by atoms with Crippen LogP contribution in [0, 0.1) is 12.3 Å². The van der Waals surface area contributed by atoms with Crippen molar-refractivity contribution in [3.8, 4) is 10.4 Å². The SMILES string of the molecule is Cc1ncsc1-c1ccc(CNC(=O)[C@@H]2C[C@@H](O)CN2C(=O)[C@@H](NC(=O)COCCOCCOCCOCCOCCOCCC(=O)O)C(C)(C)C)cc1. The van der Waals surface area contributed by atoms with Gasteiger partial charge in [-0.3, -0.25) is 19.2 Å². The standard InChI is InChI=1S/C37H56N4O12S/c1-26-33(54-25-39-26)28-7-5-27(6-8-28)22-38-35(46)30-21-29(42)23-41(30)36(47)34(37(2,3)4)40-31(43)24-53-20-19-52-18-17-51-16-15-50-14-13-49-12-11-48-10-9-32(44)45/h5-8,25,29-30,34,42H,9-24H2,1-4H3,(H,38,46)(H,40,43)(H,44,45)/t29-,30+,34-/m1/s1. The lowest BCUT2D eigenvalue weighted by Gasteiger charge is -2.35. The number of rotatable bonds is 26. The van der Waals surface area contributed by atoms with E-state index in [1.54, 1.807) is 16.8 Å². The fraction of sp³-hybridized carbons (Fsp3) is 0.649. The van der Waals surface area contributed by atoms with E-state index in [4.69, 9.17) is 33.5 Å². The Bertz CT molecular complexity index is 1430. The van der Waals surface area contributed by atoms with Crippen molar-refractivity contribution in [3.05, 3.63) is 41.0 Å². The van der Waals surface area contributed by atoms with Gasteiger partial charge in [-0.15, -0.1) is 11.3 Å². The minimum atomic E-state index is -0.960. The van der Waals surface area contributed by atoms with Crippen molar-refractivity contribution in [1.29, 1.82) is 0 Å². The summed E-state index contributed by atoms with van der Waals surface area (Å²) in [6.07, 6.45) is -0.802. The second-order valence-corrected chi connectivity index (χ2v) is 14.6. The third kappa shape index (κ3) is 16.4. The molecular formula is C37H56N4O12S. The molecule has 2 aromatic rings. The van der Waals surface area contributed by atoms with Crippen molar-refractivity contribution in [2.75, 3.05) is 85.8 Å². The Kier molecular flexibility index (Phi) is 20.0. The van der Waals surface area contributed by atoms with Crippen molar-refractivity contribution < 1.29 is 57.8 Å². The Balaban J connectivity index is 1.28. The Morgan fingerprint density at radius 1 is 0.870 bits per heavy atom. The molecule has 0 saturated carbocycles. The lowest BCUT2D eigenvalue weighted by Crippen LogP contribution is -2.58. The van der Waals surface area contributed by atoms with Gasteiger partial charge in [0.1, 0.15) is 18.7 Å². The third-order valence-corrected chi connectivity index (χ3v) is 9.24. The third-order valence-electron chi connectivity index (χ3n) is 8.26. The maximum Gasteiger partial charge on any atom is 0.305 e. The lowest BCUT2D eigenvalue weighted by atomic mass is 9.85. The van der Waals surface area contributed by atoms with Crippen molar-refractivity contribution in [2.45, 2.75) is 65.3 Å². The van der Waals surface area contributed by atoms with Crippen molar-refractivity contribution >= 4 is 35.0 Å². The van der Waals surface area contributed by atoms with E-state index in [-0.39, 0.29) is 58.3 Å². The topological polar surface area (TPSA) is 204 Å². The van der Waals surface area contributed by atoms with Crippen LogP contribution in [0.2, 0.25) is 0 Å². The molecular weight excluding hydrogens is 724 g/mol. The van der Waals surface area contributed by atoms with Crippen LogP contribution in [0.25, 0.3) is 10.4 Å². The number of carboxylic acid groups (broad SMARTS) is 1. The van der Waals surface area contributed by atoms with E-state index < -0.39 is 41.4 Å². The molecule has 0 spiro atoms. The molecule has 16 nitrogen and oxygen atoms in total. The number of hydrogen-bond donors (Lipinski definition) is 4. The molecule has 3 atom stereocenters. The van der Waals surface area contributed by atoms with Crippen LogP contribution >= 0.6 is 11.3 Å². The van der Waals surface area contributed by atoms with Crippen LogP contribution in [-0.4, -0.2) is 148 Å². The fourth-order valence-corrected chi connectivity index (χ4v) is 6.22. The van der Waals surface area contributed by atoms with Crippen molar-refractivity contribution in [3.63, 3.8) is 0 Å². The molecule has 17 heteroatoms. The molecule has 0 radical (unpaired) electrons. The summed E-state index contributed by atoms with van der Waals surface area (Å²) in [7, 11) is 0. The summed E-state index contributed by atoms with van der Waals surface area (Å²) in [5, 5.41) is 24.7. The molecule has 1 aliphatic rings. The number of nitrogens with zero attached hydrogens (tertiary/aromatic N) is 2. The van der Waals surface area contributed by atoms with Gasteiger partial charge in [-0.25, -0.2) is 4.98 Å². The Hall–Kier alpha value is -3.55. The van der Waals surface area contributed by atoms with Gasteiger partial charge in [0, 0.05) is 19.5 Å². The maximum atomic E-state index is 13.8. The average molecular weight is 781 g/mol. The van der Waals surface area contributed by atoms with Crippen molar-refractivity contribution in [2.24, 2.45) is 5.41 Å². The smallest absolute Gasteiger partial charge is 0.305 e. The number of carbonyl (C=O) groups is 4. The van der Waals surface area contributed by atoms with Gasteiger partial charge >= 0.3 is 5.97 Å². The zero-order valence-electron chi connectivity index (χ0n) is 31.7. The number of aliphatic hydroxyl groups is 1. The van der Waals surface area contributed by atoms with Crippen molar-refractivity contribution in [1.82, 2.24) is 20.5 Å². The van der Waals surface area contributed by atoms with E-state index in [1.165, 1.54) is 4.90 Å².